The summed E-state index contributed by atoms with van der Waals surface area (Å²) in [5.74, 6) is -0.348. The van der Waals surface area contributed by atoms with E-state index in [1.807, 2.05) is 0 Å². The van der Waals surface area contributed by atoms with Gasteiger partial charge in [0.15, 0.2) is 0 Å². The monoisotopic (exact) mass is 267 g/mol. The van der Waals surface area contributed by atoms with Crippen LogP contribution in [0.5, 0.6) is 0 Å². The lowest BCUT2D eigenvalue weighted by Crippen LogP contribution is -2.36. The van der Waals surface area contributed by atoms with E-state index in [-0.39, 0.29) is 11.2 Å². The Hall–Kier alpha value is -1.33. The van der Waals surface area contributed by atoms with Gasteiger partial charge in [0.25, 0.3) is 0 Å². The van der Waals surface area contributed by atoms with Crippen molar-refractivity contribution in [3.63, 3.8) is 0 Å². The maximum absolute atomic E-state index is 10.8. The number of carboxylic acids is 1. The third-order valence-electron chi connectivity index (χ3n) is 3.80. The summed E-state index contributed by atoms with van der Waals surface area (Å²) in [4.78, 5) is 10.8. The molecule has 0 atom stereocenters. The number of aryl methyl sites for hydroxylation is 1. The second kappa shape index (κ2) is 5.75. The molecule has 1 aliphatic heterocycles. The van der Waals surface area contributed by atoms with Gasteiger partial charge in [0.2, 0.25) is 5.76 Å². The van der Waals surface area contributed by atoms with E-state index in [9.17, 15) is 4.79 Å². The van der Waals surface area contributed by atoms with E-state index in [2.05, 4.69) is 12.2 Å². The quantitative estimate of drug-likeness (QED) is 0.855. The van der Waals surface area contributed by atoms with E-state index >= 15 is 0 Å². The number of carboxylic acid groups (broad SMARTS) is 1. The van der Waals surface area contributed by atoms with Gasteiger partial charge in [-0.1, -0.05) is 6.92 Å². The van der Waals surface area contributed by atoms with Crippen molar-refractivity contribution in [2.24, 2.45) is 5.41 Å². The van der Waals surface area contributed by atoms with E-state index in [4.69, 9.17) is 14.3 Å². The van der Waals surface area contributed by atoms with Gasteiger partial charge in [-0.3, -0.25) is 0 Å². The Kier molecular flexibility index (Phi) is 4.27. The summed E-state index contributed by atoms with van der Waals surface area (Å²) in [6.07, 6.45) is 2.12. The van der Waals surface area contributed by atoms with Crippen LogP contribution in [-0.4, -0.2) is 30.8 Å². The second-order valence-corrected chi connectivity index (χ2v) is 5.52. The summed E-state index contributed by atoms with van der Waals surface area (Å²) < 4.78 is 10.6. The van der Waals surface area contributed by atoms with Crippen molar-refractivity contribution in [2.75, 3.05) is 19.8 Å². The minimum absolute atomic E-state index is 0.00609. The maximum Gasteiger partial charge on any atom is 0.371 e. The van der Waals surface area contributed by atoms with E-state index in [1.54, 1.807) is 13.0 Å². The molecule has 2 heterocycles. The number of furan rings is 1. The third-order valence-corrected chi connectivity index (χ3v) is 3.80. The van der Waals surface area contributed by atoms with E-state index in [1.165, 1.54) is 0 Å². The Bertz CT molecular complexity index is 446. The van der Waals surface area contributed by atoms with Gasteiger partial charge in [0.1, 0.15) is 5.76 Å². The van der Waals surface area contributed by atoms with Gasteiger partial charge in [-0.05, 0) is 31.2 Å². The number of aromatic carboxylic acids is 1. The fourth-order valence-corrected chi connectivity index (χ4v) is 2.34. The van der Waals surface area contributed by atoms with Crippen molar-refractivity contribution >= 4 is 5.97 Å². The van der Waals surface area contributed by atoms with Crippen LogP contribution in [0, 0.1) is 12.3 Å². The molecule has 5 heteroatoms. The molecule has 19 heavy (non-hydrogen) atoms. The van der Waals surface area contributed by atoms with Crippen LogP contribution in [-0.2, 0) is 11.3 Å². The Morgan fingerprint density at radius 1 is 1.47 bits per heavy atom. The normalized spacial score (nSPS) is 18.4. The SMILES string of the molecule is Cc1oc(C(=O)O)cc1CNCC1(C)CCOCC1. The van der Waals surface area contributed by atoms with Crippen LogP contribution in [0.2, 0.25) is 0 Å². The summed E-state index contributed by atoms with van der Waals surface area (Å²) >= 11 is 0. The Labute approximate surface area is 112 Å². The first-order chi connectivity index (χ1) is 9.00. The fourth-order valence-electron chi connectivity index (χ4n) is 2.34. The highest BCUT2D eigenvalue weighted by Crippen LogP contribution is 2.28. The van der Waals surface area contributed by atoms with Crippen LogP contribution in [0.3, 0.4) is 0 Å². The van der Waals surface area contributed by atoms with Crippen LogP contribution in [0.25, 0.3) is 0 Å². The van der Waals surface area contributed by atoms with Crippen molar-refractivity contribution < 1.29 is 19.1 Å². The second-order valence-electron chi connectivity index (χ2n) is 5.52. The Morgan fingerprint density at radius 2 is 2.16 bits per heavy atom. The first-order valence-electron chi connectivity index (χ1n) is 6.61. The topological polar surface area (TPSA) is 71.7 Å². The summed E-state index contributed by atoms with van der Waals surface area (Å²) in [7, 11) is 0. The molecule has 2 rings (SSSR count). The molecular formula is C14H21NO4. The number of hydrogen-bond acceptors (Lipinski definition) is 4. The lowest BCUT2D eigenvalue weighted by molar-refractivity contribution is 0.0240. The highest BCUT2D eigenvalue weighted by atomic mass is 16.5. The summed E-state index contributed by atoms with van der Waals surface area (Å²) in [6.45, 7) is 7.24. The molecule has 2 N–H and O–H groups in total. The standard InChI is InChI=1S/C14H21NO4/c1-10-11(7-12(19-10)13(16)17)8-15-9-14(2)3-5-18-6-4-14/h7,15H,3-6,8-9H2,1-2H3,(H,16,17). The van der Waals surface area contributed by atoms with Crippen LogP contribution < -0.4 is 5.32 Å². The average molecular weight is 267 g/mol. The molecule has 106 valence electrons. The highest BCUT2D eigenvalue weighted by Gasteiger charge is 2.26. The van der Waals surface area contributed by atoms with Crippen molar-refractivity contribution in [2.45, 2.75) is 33.2 Å². The summed E-state index contributed by atoms with van der Waals surface area (Å²) in [5.41, 5.74) is 1.18. The minimum Gasteiger partial charge on any atom is -0.475 e. The molecule has 0 aliphatic carbocycles. The van der Waals surface area contributed by atoms with Crippen LogP contribution in [0.15, 0.2) is 10.5 Å². The number of nitrogens with one attached hydrogen (secondary N) is 1. The molecule has 1 aromatic heterocycles. The molecule has 0 radical (unpaired) electrons. The zero-order valence-corrected chi connectivity index (χ0v) is 11.5. The largest absolute Gasteiger partial charge is 0.475 e. The van der Waals surface area contributed by atoms with Gasteiger partial charge < -0.3 is 19.6 Å². The van der Waals surface area contributed by atoms with Crippen molar-refractivity contribution in [1.29, 1.82) is 0 Å². The number of rotatable bonds is 5. The van der Waals surface area contributed by atoms with E-state index in [0.717, 1.165) is 38.2 Å². The maximum atomic E-state index is 10.8. The number of hydrogen-bond donors (Lipinski definition) is 2. The molecule has 1 aliphatic rings. The van der Waals surface area contributed by atoms with Gasteiger partial charge in [0, 0.05) is 31.9 Å². The molecule has 0 saturated carbocycles. The highest BCUT2D eigenvalue weighted by molar-refractivity contribution is 5.84. The smallest absolute Gasteiger partial charge is 0.371 e. The lowest BCUT2D eigenvalue weighted by Gasteiger charge is -2.33. The van der Waals surface area contributed by atoms with Gasteiger partial charge in [-0.15, -0.1) is 0 Å². The molecule has 1 saturated heterocycles. The molecule has 0 spiro atoms. The van der Waals surface area contributed by atoms with Gasteiger partial charge in [-0.2, -0.15) is 0 Å². The molecule has 1 fully saturated rings. The van der Waals surface area contributed by atoms with Crippen molar-refractivity contribution in [3.05, 3.63) is 23.2 Å². The average Bonchev–Trinajstić information content (AvgIpc) is 2.72. The van der Waals surface area contributed by atoms with E-state index < -0.39 is 5.97 Å². The first-order valence-corrected chi connectivity index (χ1v) is 6.61. The number of carbonyl (C=O) groups is 1. The summed E-state index contributed by atoms with van der Waals surface area (Å²) in [6, 6.07) is 1.59. The molecule has 0 amide bonds. The predicted molar refractivity (Wildman–Crippen MR) is 70.3 cm³/mol. The predicted octanol–water partition coefficient (Wildman–Crippen LogP) is 2.19. The van der Waals surface area contributed by atoms with Gasteiger partial charge in [-0.25, -0.2) is 4.79 Å². The molecule has 0 aromatic carbocycles. The lowest BCUT2D eigenvalue weighted by atomic mass is 9.82. The molecule has 5 nitrogen and oxygen atoms in total. The fraction of sp³-hybridized carbons (Fsp3) is 0.643. The van der Waals surface area contributed by atoms with Crippen LogP contribution in [0.1, 0.15) is 41.6 Å². The van der Waals surface area contributed by atoms with Crippen molar-refractivity contribution in [3.8, 4) is 0 Å². The zero-order chi connectivity index (χ0) is 13.9. The van der Waals surface area contributed by atoms with Crippen LogP contribution in [0.4, 0.5) is 0 Å². The molecular weight excluding hydrogens is 246 g/mol. The summed E-state index contributed by atoms with van der Waals surface area (Å²) in [5, 5.41) is 12.3. The van der Waals surface area contributed by atoms with Crippen LogP contribution >= 0.6 is 0 Å². The number of ether oxygens (including phenoxy) is 1. The Morgan fingerprint density at radius 3 is 2.74 bits per heavy atom. The first kappa shape index (κ1) is 14.1. The third kappa shape index (κ3) is 3.58. The van der Waals surface area contributed by atoms with Gasteiger partial charge >= 0.3 is 5.97 Å². The molecule has 1 aromatic rings. The zero-order valence-electron chi connectivity index (χ0n) is 11.5. The molecule has 0 unspecified atom stereocenters. The molecule has 0 bridgehead atoms. The Balaban J connectivity index is 1.87. The van der Waals surface area contributed by atoms with E-state index in [0.29, 0.717) is 12.3 Å². The van der Waals surface area contributed by atoms with Crippen molar-refractivity contribution in [1.82, 2.24) is 5.32 Å². The van der Waals surface area contributed by atoms with Gasteiger partial charge in [0.05, 0.1) is 0 Å². The minimum atomic E-state index is -1.02.